The third kappa shape index (κ3) is 2.00. The van der Waals surface area contributed by atoms with E-state index in [0.717, 1.165) is 12.6 Å². The van der Waals surface area contributed by atoms with Crippen molar-refractivity contribution in [2.75, 3.05) is 19.6 Å². The van der Waals surface area contributed by atoms with Crippen LogP contribution in [0.25, 0.3) is 0 Å². The van der Waals surface area contributed by atoms with Crippen LogP contribution in [0.3, 0.4) is 0 Å². The van der Waals surface area contributed by atoms with Crippen molar-refractivity contribution in [1.29, 1.82) is 0 Å². The second kappa shape index (κ2) is 4.19. The summed E-state index contributed by atoms with van der Waals surface area (Å²) in [7, 11) is 0. The first-order chi connectivity index (χ1) is 7.84. The van der Waals surface area contributed by atoms with Crippen LogP contribution in [0.4, 0.5) is 0 Å². The molecule has 1 aliphatic heterocycles. The molecule has 1 N–H and O–H groups in total. The van der Waals surface area contributed by atoms with Gasteiger partial charge in [-0.2, -0.15) is 0 Å². The molecule has 2 fully saturated rings. The summed E-state index contributed by atoms with van der Waals surface area (Å²) in [4.78, 5) is 2.66. The molecule has 1 aliphatic carbocycles. The maximum absolute atomic E-state index is 3.65. The van der Waals surface area contributed by atoms with Crippen LogP contribution in [0.5, 0.6) is 0 Å². The van der Waals surface area contributed by atoms with Crippen molar-refractivity contribution >= 4 is 0 Å². The van der Waals surface area contributed by atoms with Gasteiger partial charge < -0.3 is 5.32 Å². The lowest BCUT2D eigenvalue weighted by atomic mass is 9.99. The van der Waals surface area contributed by atoms with Gasteiger partial charge in [-0.1, -0.05) is 24.3 Å². The molecule has 1 aromatic rings. The van der Waals surface area contributed by atoms with Gasteiger partial charge in [0.15, 0.2) is 0 Å². The van der Waals surface area contributed by atoms with Crippen LogP contribution in [0.2, 0.25) is 0 Å². The van der Waals surface area contributed by atoms with Gasteiger partial charge in [-0.15, -0.1) is 0 Å². The predicted molar refractivity (Wildman–Crippen MR) is 66.5 cm³/mol. The van der Waals surface area contributed by atoms with E-state index in [9.17, 15) is 0 Å². The van der Waals surface area contributed by atoms with Gasteiger partial charge >= 0.3 is 0 Å². The molecule has 1 atom stereocenters. The van der Waals surface area contributed by atoms with Crippen LogP contribution in [0.1, 0.15) is 30.0 Å². The molecule has 1 saturated heterocycles. The number of nitrogens with one attached hydrogen (secondary N) is 1. The summed E-state index contributed by atoms with van der Waals surface area (Å²) in [6, 6.07) is 10.2. The van der Waals surface area contributed by atoms with E-state index in [4.69, 9.17) is 0 Å². The highest BCUT2D eigenvalue weighted by Gasteiger charge is 2.32. The minimum absolute atomic E-state index is 0.538. The van der Waals surface area contributed by atoms with E-state index in [1.165, 1.54) is 37.1 Å². The average molecular weight is 216 g/mol. The van der Waals surface area contributed by atoms with Gasteiger partial charge in [0, 0.05) is 31.7 Å². The average Bonchev–Trinajstić information content (AvgIpc) is 3.14. The summed E-state index contributed by atoms with van der Waals surface area (Å²) in [5.74, 6) is 0. The van der Waals surface area contributed by atoms with Crippen LogP contribution in [-0.2, 0) is 0 Å². The normalized spacial score (nSPS) is 26.9. The quantitative estimate of drug-likeness (QED) is 0.814. The van der Waals surface area contributed by atoms with E-state index in [1.807, 2.05) is 0 Å². The first-order valence-electron chi connectivity index (χ1n) is 6.37. The molecular weight excluding hydrogens is 196 g/mol. The molecule has 2 heteroatoms. The zero-order valence-corrected chi connectivity index (χ0v) is 9.95. The topological polar surface area (TPSA) is 15.3 Å². The van der Waals surface area contributed by atoms with E-state index < -0.39 is 0 Å². The Morgan fingerprint density at radius 3 is 2.81 bits per heavy atom. The monoisotopic (exact) mass is 216 g/mol. The lowest BCUT2D eigenvalue weighted by Crippen LogP contribution is -2.46. The van der Waals surface area contributed by atoms with Crippen LogP contribution >= 0.6 is 0 Å². The molecule has 1 aromatic carbocycles. The second-order valence-corrected chi connectivity index (χ2v) is 5.09. The molecule has 86 valence electrons. The molecule has 1 heterocycles. The Balaban J connectivity index is 1.76. The molecule has 0 amide bonds. The molecule has 0 unspecified atom stereocenters. The first kappa shape index (κ1) is 10.3. The molecule has 0 radical (unpaired) electrons. The number of hydrogen-bond acceptors (Lipinski definition) is 2. The van der Waals surface area contributed by atoms with Crippen molar-refractivity contribution in [2.24, 2.45) is 0 Å². The van der Waals surface area contributed by atoms with Gasteiger partial charge in [0.2, 0.25) is 0 Å². The van der Waals surface area contributed by atoms with Gasteiger partial charge in [0.25, 0.3) is 0 Å². The molecule has 2 nitrogen and oxygen atoms in total. The van der Waals surface area contributed by atoms with Crippen molar-refractivity contribution in [3.63, 3.8) is 0 Å². The van der Waals surface area contributed by atoms with Crippen LogP contribution in [0, 0.1) is 6.92 Å². The van der Waals surface area contributed by atoms with E-state index in [2.05, 4.69) is 41.4 Å². The summed E-state index contributed by atoms with van der Waals surface area (Å²) in [6.07, 6.45) is 2.83. The highest BCUT2D eigenvalue weighted by Crippen LogP contribution is 2.30. The van der Waals surface area contributed by atoms with Gasteiger partial charge in [-0.3, -0.25) is 4.90 Å². The van der Waals surface area contributed by atoms with Crippen LogP contribution < -0.4 is 5.32 Å². The van der Waals surface area contributed by atoms with Gasteiger partial charge in [0.1, 0.15) is 0 Å². The second-order valence-electron chi connectivity index (χ2n) is 5.09. The van der Waals surface area contributed by atoms with Crippen LogP contribution in [0.15, 0.2) is 24.3 Å². The number of benzene rings is 1. The molecule has 0 aromatic heterocycles. The van der Waals surface area contributed by atoms with E-state index >= 15 is 0 Å². The summed E-state index contributed by atoms with van der Waals surface area (Å²) < 4.78 is 0. The van der Waals surface area contributed by atoms with Crippen molar-refractivity contribution < 1.29 is 0 Å². The fourth-order valence-corrected chi connectivity index (χ4v) is 2.73. The Labute approximate surface area is 97.6 Å². The van der Waals surface area contributed by atoms with Crippen molar-refractivity contribution in [3.05, 3.63) is 35.4 Å². The summed E-state index contributed by atoms with van der Waals surface area (Å²) in [6.45, 7) is 5.77. The molecule has 1 saturated carbocycles. The summed E-state index contributed by atoms with van der Waals surface area (Å²) >= 11 is 0. The molecule has 0 spiro atoms. The Bertz CT molecular complexity index is 371. The number of hydrogen-bond donors (Lipinski definition) is 1. The van der Waals surface area contributed by atoms with E-state index in [0.29, 0.717) is 6.04 Å². The molecule has 2 aliphatic rings. The molecular formula is C14H20N2. The van der Waals surface area contributed by atoms with Gasteiger partial charge in [-0.25, -0.2) is 0 Å². The van der Waals surface area contributed by atoms with Gasteiger partial charge in [-0.05, 0) is 30.9 Å². The number of aryl methyl sites for hydroxylation is 1. The minimum Gasteiger partial charge on any atom is -0.308 e. The first-order valence-corrected chi connectivity index (χ1v) is 6.37. The van der Waals surface area contributed by atoms with Crippen molar-refractivity contribution in [2.45, 2.75) is 31.8 Å². The van der Waals surface area contributed by atoms with E-state index in [1.54, 1.807) is 0 Å². The van der Waals surface area contributed by atoms with E-state index in [-0.39, 0.29) is 0 Å². The smallest absolute Gasteiger partial charge is 0.0452 e. The molecule has 0 bridgehead atoms. The fourth-order valence-electron chi connectivity index (χ4n) is 2.73. The predicted octanol–water partition coefficient (Wildman–Crippen LogP) is 2.10. The standard InChI is InChI=1S/C14H20N2/c1-11-4-2-3-5-13(11)14-10-16(9-8-15-14)12-6-7-12/h2-5,12,14-15H,6-10H2,1H3/t14-/m1/s1. The van der Waals surface area contributed by atoms with Crippen LogP contribution in [-0.4, -0.2) is 30.6 Å². The number of rotatable bonds is 2. The van der Waals surface area contributed by atoms with Crippen molar-refractivity contribution in [3.8, 4) is 0 Å². The fraction of sp³-hybridized carbons (Fsp3) is 0.571. The number of piperazine rings is 1. The summed E-state index contributed by atoms with van der Waals surface area (Å²) in [5, 5.41) is 3.65. The largest absolute Gasteiger partial charge is 0.308 e. The highest BCUT2D eigenvalue weighted by molar-refractivity contribution is 5.29. The number of nitrogens with zero attached hydrogens (tertiary/aromatic N) is 1. The Hall–Kier alpha value is -0.860. The summed E-state index contributed by atoms with van der Waals surface area (Å²) in [5.41, 5.74) is 2.89. The highest BCUT2D eigenvalue weighted by atomic mass is 15.2. The Morgan fingerprint density at radius 1 is 1.25 bits per heavy atom. The molecule has 3 rings (SSSR count). The Kier molecular flexibility index (Phi) is 2.70. The maximum Gasteiger partial charge on any atom is 0.0452 e. The van der Waals surface area contributed by atoms with Gasteiger partial charge in [0.05, 0.1) is 0 Å². The molecule has 16 heavy (non-hydrogen) atoms. The van der Waals surface area contributed by atoms with Crippen molar-refractivity contribution in [1.82, 2.24) is 10.2 Å². The zero-order valence-electron chi connectivity index (χ0n) is 9.95. The maximum atomic E-state index is 3.65. The lowest BCUT2D eigenvalue weighted by Gasteiger charge is -2.34. The third-order valence-corrected chi connectivity index (χ3v) is 3.83. The third-order valence-electron chi connectivity index (χ3n) is 3.83. The Morgan fingerprint density at radius 2 is 2.06 bits per heavy atom. The zero-order chi connectivity index (χ0) is 11.0. The minimum atomic E-state index is 0.538. The SMILES string of the molecule is Cc1ccccc1[C@H]1CN(C2CC2)CCN1. The lowest BCUT2D eigenvalue weighted by molar-refractivity contribution is 0.192.